The average molecular weight is 383 g/mol. The fourth-order valence-corrected chi connectivity index (χ4v) is 2.79. The van der Waals surface area contributed by atoms with Gasteiger partial charge in [-0.2, -0.15) is 0 Å². The van der Waals surface area contributed by atoms with E-state index in [9.17, 15) is 18.4 Å². The SMILES string of the molecule is CCCCCCCCOC(=O)C(CC(C)C)NC(=O)c1c(F)cccc1F. The summed E-state index contributed by atoms with van der Waals surface area (Å²) in [6, 6.07) is 2.26. The zero-order valence-electron chi connectivity index (χ0n) is 16.5. The summed E-state index contributed by atoms with van der Waals surface area (Å²) in [5.74, 6) is -3.34. The first-order valence-corrected chi connectivity index (χ1v) is 9.78. The lowest BCUT2D eigenvalue weighted by molar-refractivity contribution is -0.146. The first kappa shape index (κ1) is 23.1. The number of benzene rings is 1. The Bertz CT molecular complexity index is 585. The van der Waals surface area contributed by atoms with Gasteiger partial charge in [0.15, 0.2) is 0 Å². The van der Waals surface area contributed by atoms with Gasteiger partial charge in [0.05, 0.1) is 6.61 Å². The maximum Gasteiger partial charge on any atom is 0.328 e. The van der Waals surface area contributed by atoms with Crippen LogP contribution in [-0.2, 0) is 9.53 Å². The van der Waals surface area contributed by atoms with Crippen LogP contribution in [0.1, 0.15) is 76.1 Å². The summed E-state index contributed by atoms with van der Waals surface area (Å²) in [6.07, 6.45) is 6.73. The van der Waals surface area contributed by atoms with E-state index in [0.29, 0.717) is 6.42 Å². The predicted molar refractivity (Wildman–Crippen MR) is 101 cm³/mol. The highest BCUT2D eigenvalue weighted by Crippen LogP contribution is 2.14. The van der Waals surface area contributed by atoms with Gasteiger partial charge in [-0.3, -0.25) is 4.79 Å². The zero-order chi connectivity index (χ0) is 20.2. The standard InChI is InChI=1S/C21H31F2NO3/c1-4-5-6-7-8-9-13-27-21(26)18(14-15(2)3)24-20(25)19-16(22)11-10-12-17(19)23/h10-12,15,18H,4-9,13-14H2,1-3H3,(H,24,25). The molecule has 0 heterocycles. The molecule has 0 aliphatic rings. The molecule has 1 amide bonds. The van der Waals surface area contributed by atoms with Crippen LogP contribution < -0.4 is 5.32 Å². The summed E-state index contributed by atoms with van der Waals surface area (Å²) < 4.78 is 32.8. The Morgan fingerprint density at radius 2 is 1.63 bits per heavy atom. The number of hydrogen-bond acceptors (Lipinski definition) is 3. The highest BCUT2D eigenvalue weighted by atomic mass is 19.1. The molecular weight excluding hydrogens is 352 g/mol. The third kappa shape index (κ3) is 8.50. The number of nitrogens with one attached hydrogen (secondary N) is 1. The topological polar surface area (TPSA) is 55.4 Å². The second-order valence-corrected chi connectivity index (χ2v) is 7.19. The fourth-order valence-electron chi connectivity index (χ4n) is 2.79. The Labute approximate surface area is 160 Å². The molecule has 4 nitrogen and oxygen atoms in total. The van der Waals surface area contributed by atoms with Crippen LogP contribution in [0.5, 0.6) is 0 Å². The molecule has 1 rings (SSSR count). The van der Waals surface area contributed by atoms with E-state index in [4.69, 9.17) is 4.74 Å². The molecule has 0 saturated heterocycles. The van der Waals surface area contributed by atoms with Crippen molar-refractivity contribution in [2.75, 3.05) is 6.61 Å². The normalized spacial score (nSPS) is 12.1. The number of ether oxygens (including phenoxy) is 1. The quantitative estimate of drug-likeness (QED) is 0.408. The number of hydrogen-bond donors (Lipinski definition) is 1. The summed E-state index contributed by atoms with van der Waals surface area (Å²) in [7, 11) is 0. The predicted octanol–water partition coefficient (Wildman–Crippen LogP) is 5.01. The summed E-state index contributed by atoms with van der Waals surface area (Å²) in [4.78, 5) is 24.6. The molecule has 0 bridgehead atoms. The molecule has 0 radical (unpaired) electrons. The highest BCUT2D eigenvalue weighted by molar-refractivity contribution is 5.97. The summed E-state index contributed by atoms with van der Waals surface area (Å²) >= 11 is 0. The number of carbonyl (C=O) groups is 2. The molecule has 1 atom stereocenters. The van der Waals surface area contributed by atoms with E-state index < -0.39 is 35.1 Å². The molecule has 1 aromatic rings. The van der Waals surface area contributed by atoms with E-state index in [1.807, 2.05) is 13.8 Å². The molecule has 0 spiro atoms. The number of unbranched alkanes of at least 4 members (excludes halogenated alkanes) is 5. The van der Waals surface area contributed by atoms with Crippen molar-refractivity contribution >= 4 is 11.9 Å². The average Bonchev–Trinajstić information content (AvgIpc) is 2.59. The van der Waals surface area contributed by atoms with Crippen LogP contribution in [-0.4, -0.2) is 24.5 Å². The van der Waals surface area contributed by atoms with Gasteiger partial charge in [-0.1, -0.05) is 58.9 Å². The van der Waals surface area contributed by atoms with Gasteiger partial charge in [-0.25, -0.2) is 13.6 Å². The summed E-state index contributed by atoms with van der Waals surface area (Å²) in [6.45, 7) is 6.22. The Kier molecular flexibility index (Phi) is 10.6. The summed E-state index contributed by atoms with van der Waals surface area (Å²) in [5, 5.41) is 2.42. The van der Waals surface area contributed by atoms with E-state index in [1.165, 1.54) is 25.3 Å². The van der Waals surface area contributed by atoms with Gasteiger partial charge in [0.2, 0.25) is 0 Å². The third-order valence-corrected chi connectivity index (χ3v) is 4.23. The largest absolute Gasteiger partial charge is 0.464 e. The molecular formula is C21H31F2NO3. The minimum atomic E-state index is -0.962. The number of halogens is 2. The van der Waals surface area contributed by atoms with Gasteiger partial charge in [0, 0.05) is 0 Å². The minimum absolute atomic E-state index is 0.0994. The molecule has 1 N–H and O–H groups in total. The van der Waals surface area contributed by atoms with Crippen molar-refractivity contribution in [1.82, 2.24) is 5.32 Å². The second kappa shape index (κ2) is 12.4. The molecule has 0 saturated carbocycles. The van der Waals surface area contributed by atoms with Crippen molar-refractivity contribution < 1.29 is 23.1 Å². The lowest BCUT2D eigenvalue weighted by Crippen LogP contribution is -2.43. The van der Waals surface area contributed by atoms with Crippen LogP contribution in [0.15, 0.2) is 18.2 Å². The fraction of sp³-hybridized carbons (Fsp3) is 0.619. The first-order chi connectivity index (χ1) is 12.9. The van der Waals surface area contributed by atoms with Crippen LogP contribution in [0.2, 0.25) is 0 Å². The van der Waals surface area contributed by atoms with E-state index in [-0.39, 0.29) is 12.5 Å². The smallest absolute Gasteiger partial charge is 0.328 e. The van der Waals surface area contributed by atoms with Crippen molar-refractivity contribution in [2.24, 2.45) is 5.92 Å². The van der Waals surface area contributed by atoms with Crippen LogP contribution >= 0.6 is 0 Å². The van der Waals surface area contributed by atoms with Gasteiger partial charge >= 0.3 is 5.97 Å². The Morgan fingerprint density at radius 1 is 1.04 bits per heavy atom. The molecule has 1 aromatic carbocycles. The van der Waals surface area contributed by atoms with E-state index >= 15 is 0 Å². The number of rotatable bonds is 12. The lowest BCUT2D eigenvalue weighted by atomic mass is 10.0. The van der Waals surface area contributed by atoms with Crippen molar-refractivity contribution in [1.29, 1.82) is 0 Å². The van der Waals surface area contributed by atoms with Crippen molar-refractivity contribution in [3.05, 3.63) is 35.4 Å². The molecule has 0 fully saturated rings. The van der Waals surface area contributed by atoms with Crippen LogP contribution in [0, 0.1) is 17.6 Å². The number of carbonyl (C=O) groups excluding carboxylic acids is 2. The second-order valence-electron chi connectivity index (χ2n) is 7.19. The number of esters is 1. The van der Waals surface area contributed by atoms with E-state index in [2.05, 4.69) is 12.2 Å². The molecule has 1 unspecified atom stereocenters. The minimum Gasteiger partial charge on any atom is -0.464 e. The molecule has 6 heteroatoms. The molecule has 27 heavy (non-hydrogen) atoms. The van der Waals surface area contributed by atoms with Crippen LogP contribution in [0.25, 0.3) is 0 Å². The molecule has 0 aliphatic heterocycles. The highest BCUT2D eigenvalue weighted by Gasteiger charge is 2.26. The van der Waals surface area contributed by atoms with Crippen LogP contribution in [0.4, 0.5) is 8.78 Å². The van der Waals surface area contributed by atoms with Gasteiger partial charge in [0.25, 0.3) is 5.91 Å². The van der Waals surface area contributed by atoms with E-state index in [1.54, 1.807) is 0 Å². The molecule has 0 aliphatic carbocycles. The summed E-state index contributed by atoms with van der Waals surface area (Å²) in [5.41, 5.74) is -0.685. The Balaban J connectivity index is 2.59. The van der Waals surface area contributed by atoms with Crippen LogP contribution in [0.3, 0.4) is 0 Å². The van der Waals surface area contributed by atoms with Gasteiger partial charge in [0.1, 0.15) is 23.2 Å². The third-order valence-electron chi connectivity index (χ3n) is 4.23. The molecule has 152 valence electrons. The van der Waals surface area contributed by atoms with Crippen molar-refractivity contribution in [2.45, 2.75) is 71.8 Å². The maximum atomic E-state index is 13.8. The van der Waals surface area contributed by atoms with Gasteiger partial charge in [-0.05, 0) is 30.9 Å². The first-order valence-electron chi connectivity index (χ1n) is 9.78. The van der Waals surface area contributed by atoms with E-state index in [0.717, 1.165) is 31.4 Å². The Hall–Kier alpha value is -1.98. The monoisotopic (exact) mass is 383 g/mol. The van der Waals surface area contributed by atoms with Gasteiger partial charge < -0.3 is 10.1 Å². The maximum absolute atomic E-state index is 13.8. The Morgan fingerprint density at radius 3 is 2.22 bits per heavy atom. The molecule has 0 aromatic heterocycles. The zero-order valence-corrected chi connectivity index (χ0v) is 16.5. The van der Waals surface area contributed by atoms with Crippen molar-refractivity contribution in [3.8, 4) is 0 Å². The number of amides is 1. The van der Waals surface area contributed by atoms with Crippen molar-refractivity contribution in [3.63, 3.8) is 0 Å². The lowest BCUT2D eigenvalue weighted by Gasteiger charge is -2.19. The van der Waals surface area contributed by atoms with Gasteiger partial charge in [-0.15, -0.1) is 0 Å².